The minimum absolute atomic E-state index is 0.0784. The lowest BCUT2D eigenvalue weighted by Crippen LogP contribution is -2.18. The van der Waals surface area contributed by atoms with Gasteiger partial charge in [0.05, 0.1) is 29.9 Å². The van der Waals surface area contributed by atoms with Crippen LogP contribution in [0.2, 0.25) is 0 Å². The first kappa shape index (κ1) is 14.7. The van der Waals surface area contributed by atoms with Crippen molar-refractivity contribution in [1.29, 1.82) is 0 Å². The molecule has 0 amide bonds. The Morgan fingerprint density at radius 1 is 1.00 bits per heavy atom. The predicted molar refractivity (Wildman–Crippen MR) is 65.3 cm³/mol. The summed E-state index contributed by atoms with van der Waals surface area (Å²) in [5, 5.41) is 9.06. The molecule has 1 aromatic rings. The quantitative estimate of drug-likeness (QED) is 0.816. The molecule has 0 bridgehead atoms. The van der Waals surface area contributed by atoms with E-state index in [4.69, 9.17) is 14.6 Å². The van der Waals surface area contributed by atoms with Crippen LogP contribution in [0.15, 0.2) is 18.2 Å². The van der Waals surface area contributed by atoms with Gasteiger partial charge in [0, 0.05) is 0 Å². The van der Waals surface area contributed by atoms with Crippen LogP contribution in [0.5, 0.6) is 0 Å². The molecule has 1 aromatic carbocycles. The zero-order valence-electron chi connectivity index (χ0n) is 10.6. The first-order valence-corrected chi connectivity index (χ1v) is 5.73. The fourth-order valence-electron chi connectivity index (χ4n) is 1.53. The highest BCUT2D eigenvalue weighted by Crippen LogP contribution is 2.18. The van der Waals surface area contributed by atoms with Crippen molar-refractivity contribution in [2.75, 3.05) is 13.2 Å². The van der Waals surface area contributed by atoms with Gasteiger partial charge in [-0.2, -0.15) is 0 Å². The summed E-state index contributed by atoms with van der Waals surface area (Å²) in [6, 6.07) is 3.94. The van der Waals surface area contributed by atoms with Crippen LogP contribution in [0, 0.1) is 0 Å². The van der Waals surface area contributed by atoms with Crippen LogP contribution < -0.4 is 0 Å². The Hall–Kier alpha value is -2.37. The van der Waals surface area contributed by atoms with Gasteiger partial charge in [-0.05, 0) is 26.0 Å². The fraction of sp³-hybridized carbons (Fsp3) is 0.308. The first-order valence-electron chi connectivity index (χ1n) is 5.73. The van der Waals surface area contributed by atoms with Crippen LogP contribution in [0.4, 0.5) is 0 Å². The van der Waals surface area contributed by atoms with E-state index in [9.17, 15) is 14.4 Å². The van der Waals surface area contributed by atoms with Crippen molar-refractivity contribution in [2.24, 2.45) is 0 Å². The second-order valence-corrected chi connectivity index (χ2v) is 3.47. The highest BCUT2D eigenvalue weighted by molar-refractivity contribution is 6.10. The average Bonchev–Trinajstić information content (AvgIpc) is 2.38. The van der Waals surface area contributed by atoms with Gasteiger partial charge in [-0.25, -0.2) is 14.4 Å². The third-order valence-electron chi connectivity index (χ3n) is 2.27. The van der Waals surface area contributed by atoms with Crippen LogP contribution in [0.25, 0.3) is 0 Å². The summed E-state index contributed by atoms with van der Waals surface area (Å²) in [5.74, 6) is -2.92. The second kappa shape index (κ2) is 6.53. The van der Waals surface area contributed by atoms with E-state index in [1.165, 1.54) is 18.2 Å². The second-order valence-electron chi connectivity index (χ2n) is 3.47. The first-order chi connectivity index (χ1) is 9.02. The number of esters is 2. The van der Waals surface area contributed by atoms with Gasteiger partial charge in [0.2, 0.25) is 0 Å². The zero-order chi connectivity index (χ0) is 14.4. The molecule has 0 spiro atoms. The molecule has 0 aliphatic carbocycles. The molecule has 102 valence electrons. The Morgan fingerprint density at radius 3 is 2.05 bits per heavy atom. The number of benzene rings is 1. The molecule has 0 unspecified atom stereocenters. The number of hydrogen-bond acceptors (Lipinski definition) is 5. The van der Waals surface area contributed by atoms with E-state index < -0.39 is 17.9 Å². The number of rotatable bonds is 5. The predicted octanol–water partition coefficient (Wildman–Crippen LogP) is 1.74. The smallest absolute Gasteiger partial charge is 0.339 e. The Kier molecular flexibility index (Phi) is 5.05. The van der Waals surface area contributed by atoms with Crippen molar-refractivity contribution in [1.82, 2.24) is 0 Å². The highest BCUT2D eigenvalue weighted by atomic mass is 16.5. The van der Waals surface area contributed by atoms with Gasteiger partial charge < -0.3 is 14.6 Å². The van der Waals surface area contributed by atoms with Crippen molar-refractivity contribution in [3.63, 3.8) is 0 Å². The summed E-state index contributed by atoms with van der Waals surface area (Å²) in [7, 11) is 0. The SMILES string of the molecule is CCOC(=O)c1cccc(C(=O)O)c1C(=O)OCC. The van der Waals surface area contributed by atoms with Gasteiger partial charge in [-0.1, -0.05) is 6.07 Å². The molecule has 6 heteroatoms. The number of hydrogen-bond donors (Lipinski definition) is 1. The normalized spacial score (nSPS) is 9.79. The van der Waals surface area contributed by atoms with Crippen molar-refractivity contribution < 1.29 is 29.0 Å². The lowest BCUT2D eigenvalue weighted by atomic mass is 10.0. The molecule has 19 heavy (non-hydrogen) atoms. The number of carbonyl (C=O) groups is 3. The van der Waals surface area contributed by atoms with E-state index in [1.807, 2.05) is 0 Å². The van der Waals surface area contributed by atoms with Crippen LogP contribution in [-0.4, -0.2) is 36.2 Å². The molecule has 1 N–H and O–H groups in total. The van der Waals surface area contributed by atoms with Gasteiger partial charge in [0.25, 0.3) is 0 Å². The molecule has 0 saturated carbocycles. The number of ether oxygens (including phenoxy) is 2. The maximum absolute atomic E-state index is 11.8. The number of aromatic carboxylic acids is 1. The molecule has 6 nitrogen and oxygen atoms in total. The minimum atomic E-state index is -1.31. The molecular weight excluding hydrogens is 252 g/mol. The zero-order valence-corrected chi connectivity index (χ0v) is 10.6. The summed E-state index contributed by atoms with van der Waals surface area (Å²) in [4.78, 5) is 34.6. The lowest BCUT2D eigenvalue weighted by Gasteiger charge is -2.10. The summed E-state index contributed by atoms with van der Waals surface area (Å²) < 4.78 is 9.57. The number of carboxylic acid groups (broad SMARTS) is 1. The third-order valence-corrected chi connectivity index (χ3v) is 2.27. The van der Waals surface area contributed by atoms with Crippen LogP contribution in [0.3, 0.4) is 0 Å². The number of carbonyl (C=O) groups excluding carboxylic acids is 2. The van der Waals surface area contributed by atoms with Crippen LogP contribution >= 0.6 is 0 Å². The molecule has 0 aliphatic rings. The van der Waals surface area contributed by atoms with E-state index in [0.717, 1.165) is 0 Å². The van der Waals surface area contributed by atoms with E-state index in [2.05, 4.69) is 0 Å². The summed E-state index contributed by atoms with van der Waals surface area (Å²) >= 11 is 0. The van der Waals surface area contributed by atoms with Crippen molar-refractivity contribution >= 4 is 17.9 Å². The third kappa shape index (κ3) is 3.31. The molecule has 0 aromatic heterocycles. The van der Waals surface area contributed by atoms with Gasteiger partial charge in [0.1, 0.15) is 0 Å². The molecule has 0 heterocycles. The van der Waals surface area contributed by atoms with Crippen LogP contribution in [-0.2, 0) is 9.47 Å². The molecule has 0 radical (unpaired) electrons. The summed E-state index contributed by atoms with van der Waals surface area (Å²) in [6.07, 6.45) is 0. The van der Waals surface area contributed by atoms with Crippen molar-refractivity contribution in [3.05, 3.63) is 34.9 Å². The van der Waals surface area contributed by atoms with Crippen molar-refractivity contribution in [2.45, 2.75) is 13.8 Å². The molecule has 1 rings (SSSR count). The van der Waals surface area contributed by atoms with Gasteiger partial charge in [0.15, 0.2) is 0 Å². The maximum Gasteiger partial charge on any atom is 0.339 e. The Morgan fingerprint density at radius 2 is 1.53 bits per heavy atom. The standard InChI is InChI=1S/C13H14O6/c1-3-18-12(16)9-7-5-6-8(11(14)15)10(9)13(17)19-4-2/h5-7H,3-4H2,1-2H3,(H,14,15). The number of carboxylic acids is 1. The van der Waals surface area contributed by atoms with Gasteiger partial charge in [-0.3, -0.25) is 0 Å². The molecule has 0 fully saturated rings. The Balaban J connectivity index is 3.37. The monoisotopic (exact) mass is 266 g/mol. The summed E-state index contributed by atoms with van der Waals surface area (Å²) in [6.45, 7) is 3.40. The maximum atomic E-state index is 11.8. The largest absolute Gasteiger partial charge is 0.478 e. The molecule has 0 aliphatic heterocycles. The van der Waals surface area contributed by atoms with E-state index in [-0.39, 0.29) is 29.9 Å². The molecule has 0 atom stereocenters. The summed E-state index contributed by atoms with van der Waals surface area (Å²) in [5.41, 5.74) is -0.681. The molecule has 0 saturated heterocycles. The van der Waals surface area contributed by atoms with E-state index in [0.29, 0.717) is 0 Å². The van der Waals surface area contributed by atoms with Crippen molar-refractivity contribution in [3.8, 4) is 0 Å². The average molecular weight is 266 g/mol. The molecular formula is C13H14O6. The Bertz CT molecular complexity index is 506. The van der Waals surface area contributed by atoms with Gasteiger partial charge >= 0.3 is 17.9 Å². The fourth-order valence-corrected chi connectivity index (χ4v) is 1.53. The van der Waals surface area contributed by atoms with Gasteiger partial charge in [-0.15, -0.1) is 0 Å². The lowest BCUT2D eigenvalue weighted by molar-refractivity contribution is 0.0474. The minimum Gasteiger partial charge on any atom is -0.478 e. The highest BCUT2D eigenvalue weighted by Gasteiger charge is 2.25. The van der Waals surface area contributed by atoms with E-state index >= 15 is 0 Å². The Labute approximate surface area is 109 Å². The van der Waals surface area contributed by atoms with E-state index in [1.54, 1.807) is 13.8 Å². The van der Waals surface area contributed by atoms with Crippen LogP contribution in [0.1, 0.15) is 44.9 Å². The topological polar surface area (TPSA) is 89.9 Å².